The van der Waals surface area contributed by atoms with Crippen molar-refractivity contribution in [1.82, 2.24) is 0 Å². The monoisotopic (exact) mass is 189 g/mol. The number of ether oxygens (including phenoxy) is 1. The van der Waals surface area contributed by atoms with Gasteiger partial charge in [-0.1, -0.05) is 38.9 Å². The highest BCUT2D eigenvalue weighted by Gasteiger charge is 2.03. The van der Waals surface area contributed by atoms with E-state index in [4.69, 9.17) is 22.7 Å². The number of thiocarbonyl (C=S) groups is 1. The zero-order valence-electron chi connectivity index (χ0n) is 8.01. The van der Waals surface area contributed by atoms with E-state index in [1.54, 1.807) is 0 Å². The third-order valence-corrected chi connectivity index (χ3v) is 2.15. The molecule has 0 aromatic carbocycles. The highest BCUT2D eigenvalue weighted by atomic mass is 32.1. The van der Waals surface area contributed by atoms with Gasteiger partial charge in [-0.3, -0.25) is 0 Å². The molecule has 0 aliphatic heterocycles. The molecule has 0 fully saturated rings. The largest absolute Gasteiger partial charge is 0.393 e. The quantitative estimate of drug-likeness (QED) is 0.492. The van der Waals surface area contributed by atoms with Crippen LogP contribution in [0.1, 0.15) is 33.1 Å². The van der Waals surface area contributed by atoms with E-state index in [1.807, 2.05) is 6.92 Å². The van der Waals surface area contributed by atoms with Gasteiger partial charge in [-0.15, -0.1) is 0 Å². The van der Waals surface area contributed by atoms with E-state index in [2.05, 4.69) is 6.92 Å². The Balaban J connectivity index is 3.14. The number of unbranched alkanes of at least 4 members (excludes halogenated alkanes) is 2. The van der Waals surface area contributed by atoms with Gasteiger partial charge >= 0.3 is 0 Å². The van der Waals surface area contributed by atoms with Crippen LogP contribution in [0.2, 0.25) is 0 Å². The lowest BCUT2D eigenvalue weighted by molar-refractivity contribution is 0.118. The lowest BCUT2D eigenvalue weighted by atomic mass is 10.2. The molecule has 0 saturated carbocycles. The molecule has 0 aliphatic carbocycles. The van der Waals surface area contributed by atoms with E-state index >= 15 is 0 Å². The number of rotatable bonds is 7. The molecule has 0 bridgehead atoms. The van der Waals surface area contributed by atoms with Gasteiger partial charge in [0.2, 0.25) is 0 Å². The summed E-state index contributed by atoms with van der Waals surface area (Å²) in [6.45, 7) is 5.67. The van der Waals surface area contributed by atoms with Crippen LogP contribution in [-0.2, 0) is 4.74 Å². The van der Waals surface area contributed by atoms with E-state index in [-0.39, 0.29) is 5.92 Å². The summed E-state index contributed by atoms with van der Waals surface area (Å²) in [5.41, 5.74) is 5.43. The third kappa shape index (κ3) is 6.55. The molecule has 72 valence electrons. The van der Waals surface area contributed by atoms with Crippen LogP contribution in [0.15, 0.2) is 0 Å². The van der Waals surface area contributed by atoms with Crippen LogP contribution in [-0.4, -0.2) is 18.2 Å². The van der Waals surface area contributed by atoms with Gasteiger partial charge in [-0.05, 0) is 6.42 Å². The van der Waals surface area contributed by atoms with Crippen molar-refractivity contribution >= 4 is 17.2 Å². The molecule has 3 heteroatoms. The molecule has 0 aliphatic rings. The van der Waals surface area contributed by atoms with E-state index < -0.39 is 0 Å². The average Bonchev–Trinajstić information content (AvgIpc) is 2.03. The summed E-state index contributed by atoms with van der Waals surface area (Å²) >= 11 is 4.82. The maximum Gasteiger partial charge on any atom is 0.0779 e. The van der Waals surface area contributed by atoms with E-state index in [0.717, 1.165) is 13.0 Å². The van der Waals surface area contributed by atoms with Crippen LogP contribution in [0, 0.1) is 5.92 Å². The van der Waals surface area contributed by atoms with Crippen LogP contribution in [0.4, 0.5) is 0 Å². The fraction of sp³-hybridized carbons (Fsp3) is 0.889. The molecular weight excluding hydrogens is 170 g/mol. The Morgan fingerprint density at radius 1 is 1.50 bits per heavy atom. The summed E-state index contributed by atoms with van der Waals surface area (Å²) in [5, 5.41) is 0. The van der Waals surface area contributed by atoms with Gasteiger partial charge in [0.05, 0.1) is 11.6 Å². The van der Waals surface area contributed by atoms with E-state index in [0.29, 0.717) is 11.6 Å². The van der Waals surface area contributed by atoms with Gasteiger partial charge in [0.25, 0.3) is 0 Å². The Hall–Kier alpha value is -0.150. The van der Waals surface area contributed by atoms with Crippen molar-refractivity contribution in [3.8, 4) is 0 Å². The second-order valence-electron chi connectivity index (χ2n) is 3.09. The molecule has 0 spiro atoms. The molecular formula is C9H19NOS. The standard InChI is InChI=1S/C9H19NOS/c1-3-4-5-6-11-7-8(2)9(10)12/h8H,3-7H2,1-2H3,(H2,10,12). The average molecular weight is 189 g/mol. The minimum atomic E-state index is 0.210. The first-order valence-corrected chi connectivity index (χ1v) is 4.96. The molecule has 0 aromatic rings. The summed E-state index contributed by atoms with van der Waals surface area (Å²) in [6, 6.07) is 0. The predicted octanol–water partition coefficient (Wildman–Crippen LogP) is 2.12. The molecule has 0 rings (SSSR count). The van der Waals surface area contributed by atoms with Crippen LogP contribution < -0.4 is 5.73 Å². The number of nitrogens with two attached hydrogens (primary N) is 1. The topological polar surface area (TPSA) is 35.2 Å². The fourth-order valence-corrected chi connectivity index (χ4v) is 0.864. The maximum atomic E-state index is 5.43. The lowest BCUT2D eigenvalue weighted by Crippen LogP contribution is -2.22. The van der Waals surface area contributed by atoms with Crippen molar-refractivity contribution in [2.45, 2.75) is 33.1 Å². The van der Waals surface area contributed by atoms with Crippen molar-refractivity contribution in [3.63, 3.8) is 0 Å². The summed E-state index contributed by atoms with van der Waals surface area (Å²) in [6.07, 6.45) is 3.61. The Morgan fingerprint density at radius 2 is 2.17 bits per heavy atom. The number of hydrogen-bond donors (Lipinski definition) is 1. The zero-order chi connectivity index (χ0) is 9.40. The Morgan fingerprint density at radius 3 is 2.67 bits per heavy atom. The molecule has 2 nitrogen and oxygen atoms in total. The van der Waals surface area contributed by atoms with Crippen molar-refractivity contribution < 1.29 is 4.74 Å². The summed E-state index contributed by atoms with van der Waals surface area (Å²) in [4.78, 5) is 0.547. The highest BCUT2D eigenvalue weighted by molar-refractivity contribution is 7.80. The predicted molar refractivity (Wildman–Crippen MR) is 56.3 cm³/mol. The van der Waals surface area contributed by atoms with Gasteiger partial charge < -0.3 is 10.5 Å². The first-order valence-electron chi connectivity index (χ1n) is 4.55. The van der Waals surface area contributed by atoms with Crippen molar-refractivity contribution in [3.05, 3.63) is 0 Å². The van der Waals surface area contributed by atoms with Crippen LogP contribution in [0.25, 0.3) is 0 Å². The molecule has 0 saturated heterocycles. The molecule has 1 atom stereocenters. The highest BCUT2D eigenvalue weighted by Crippen LogP contribution is 1.99. The van der Waals surface area contributed by atoms with Gasteiger partial charge in [0.1, 0.15) is 0 Å². The molecule has 1 unspecified atom stereocenters. The minimum Gasteiger partial charge on any atom is -0.393 e. The first kappa shape index (κ1) is 11.8. The summed E-state index contributed by atoms with van der Waals surface area (Å²) < 4.78 is 5.39. The van der Waals surface area contributed by atoms with Gasteiger partial charge in [-0.25, -0.2) is 0 Å². The Kier molecular flexibility index (Phi) is 7.40. The van der Waals surface area contributed by atoms with E-state index in [1.165, 1.54) is 12.8 Å². The van der Waals surface area contributed by atoms with Crippen molar-refractivity contribution in [2.24, 2.45) is 11.7 Å². The van der Waals surface area contributed by atoms with Crippen LogP contribution in [0.3, 0.4) is 0 Å². The smallest absolute Gasteiger partial charge is 0.0779 e. The molecule has 0 aromatic heterocycles. The lowest BCUT2D eigenvalue weighted by Gasteiger charge is -2.09. The van der Waals surface area contributed by atoms with Crippen LogP contribution >= 0.6 is 12.2 Å². The Bertz CT molecular complexity index is 128. The molecule has 0 radical (unpaired) electrons. The molecule has 12 heavy (non-hydrogen) atoms. The van der Waals surface area contributed by atoms with Crippen molar-refractivity contribution in [2.75, 3.05) is 13.2 Å². The Labute approximate surface area is 80.5 Å². The fourth-order valence-electron chi connectivity index (χ4n) is 0.796. The third-order valence-electron chi connectivity index (χ3n) is 1.75. The van der Waals surface area contributed by atoms with Crippen molar-refractivity contribution in [1.29, 1.82) is 0 Å². The zero-order valence-corrected chi connectivity index (χ0v) is 8.82. The molecule has 0 amide bonds. The number of hydrogen-bond acceptors (Lipinski definition) is 2. The molecule has 2 N–H and O–H groups in total. The SMILES string of the molecule is CCCCCOCC(C)C(N)=S. The van der Waals surface area contributed by atoms with Crippen LogP contribution in [0.5, 0.6) is 0 Å². The minimum absolute atomic E-state index is 0.210. The van der Waals surface area contributed by atoms with Gasteiger partial charge in [0, 0.05) is 12.5 Å². The van der Waals surface area contributed by atoms with E-state index in [9.17, 15) is 0 Å². The van der Waals surface area contributed by atoms with Gasteiger partial charge in [0.15, 0.2) is 0 Å². The summed E-state index contributed by atoms with van der Waals surface area (Å²) in [7, 11) is 0. The summed E-state index contributed by atoms with van der Waals surface area (Å²) in [5.74, 6) is 0.210. The second kappa shape index (κ2) is 7.50. The second-order valence-corrected chi connectivity index (χ2v) is 3.56. The maximum absolute atomic E-state index is 5.43. The normalized spacial score (nSPS) is 12.8. The van der Waals surface area contributed by atoms with Gasteiger partial charge in [-0.2, -0.15) is 0 Å². The molecule has 0 heterocycles. The first-order chi connectivity index (χ1) is 5.68.